The summed E-state index contributed by atoms with van der Waals surface area (Å²) >= 11 is 5.12. The minimum atomic E-state index is 0.231. The van der Waals surface area contributed by atoms with Crippen molar-refractivity contribution in [2.45, 2.75) is 13.3 Å². The van der Waals surface area contributed by atoms with Crippen molar-refractivity contribution in [1.82, 2.24) is 0 Å². The summed E-state index contributed by atoms with van der Waals surface area (Å²) in [5.41, 5.74) is 1.93. The zero-order valence-electron chi connectivity index (χ0n) is 8.34. The number of carbonyl (C=O) groups is 1. The largest absolute Gasteiger partial charge is 0.294 e. The molecule has 76 valence electrons. The summed E-state index contributed by atoms with van der Waals surface area (Å²) in [4.78, 5) is 11.6. The minimum absolute atomic E-state index is 0.231. The Kier molecular flexibility index (Phi) is 4.69. The van der Waals surface area contributed by atoms with Crippen LogP contribution in [-0.4, -0.2) is 17.8 Å². The van der Waals surface area contributed by atoms with Gasteiger partial charge in [0.15, 0.2) is 5.78 Å². The molecule has 0 saturated carbocycles. The predicted molar refractivity (Wildman–Crippen MR) is 66.2 cm³/mol. The quantitative estimate of drug-likeness (QED) is 0.778. The van der Waals surface area contributed by atoms with E-state index in [4.69, 9.17) is 0 Å². The maximum atomic E-state index is 11.6. The summed E-state index contributed by atoms with van der Waals surface area (Å²) in [6.07, 6.45) is 2.64. The first-order chi connectivity index (χ1) is 6.65. The van der Waals surface area contributed by atoms with E-state index in [0.717, 1.165) is 21.4 Å². The number of hydrogen-bond donors (Lipinski definition) is 0. The molecule has 0 amide bonds. The number of Topliss-reactive ketones (excluding diaryl/α,β-unsaturated/α-hetero) is 1. The lowest BCUT2D eigenvalue weighted by Gasteiger charge is -2.02. The predicted octanol–water partition coefficient (Wildman–Crippen LogP) is 3.69. The first-order valence-corrected chi connectivity index (χ1v) is 6.62. The van der Waals surface area contributed by atoms with E-state index in [1.807, 2.05) is 31.4 Å². The lowest BCUT2D eigenvalue weighted by Crippen LogP contribution is -2.00. The van der Waals surface area contributed by atoms with Gasteiger partial charge in [-0.25, -0.2) is 0 Å². The normalized spacial score (nSPS) is 10.2. The fraction of sp³-hybridized carbons (Fsp3) is 0.364. The van der Waals surface area contributed by atoms with Crippen LogP contribution in [0.15, 0.2) is 22.7 Å². The van der Waals surface area contributed by atoms with Crippen molar-refractivity contribution in [2.24, 2.45) is 0 Å². The third kappa shape index (κ3) is 3.14. The first-order valence-electron chi connectivity index (χ1n) is 4.43. The van der Waals surface area contributed by atoms with Gasteiger partial charge in [0.1, 0.15) is 0 Å². The second-order valence-corrected chi connectivity index (χ2v) is 4.97. The van der Waals surface area contributed by atoms with Crippen molar-refractivity contribution < 1.29 is 4.79 Å². The second-order valence-electron chi connectivity index (χ2n) is 3.13. The Hall–Kier alpha value is -0.280. The van der Waals surface area contributed by atoms with Crippen molar-refractivity contribution in [2.75, 3.05) is 12.0 Å². The number of benzene rings is 1. The molecule has 0 aliphatic rings. The number of thioether (sulfide) groups is 1. The number of rotatable bonds is 4. The Morgan fingerprint density at radius 3 is 2.79 bits per heavy atom. The lowest BCUT2D eigenvalue weighted by atomic mass is 10.1. The smallest absolute Gasteiger partial charge is 0.163 e. The highest BCUT2D eigenvalue weighted by atomic mass is 79.9. The molecule has 1 rings (SSSR count). The van der Waals surface area contributed by atoms with E-state index in [0.29, 0.717) is 6.42 Å². The van der Waals surface area contributed by atoms with Crippen LogP contribution in [0.1, 0.15) is 22.3 Å². The summed E-state index contributed by atoms with van der Waals surface area (Å²) in [6.45, 7) is 2.00. The topological polar surface area (TPSA) is 17.1 Å². The maximum absolute atomic E-state index is 11.6. The van der Waals surface area contributed by atoms with E-state index >= 15 is 0 Å². The summed E-state index contributed by atoms with van der Waals surface area (Å²) < 4.78 is 1.05. The van der Waals surface area contributed by atoms with Crippen LogP contribution in [0.2, 0.25) is 0 Å². The molecule has 0 aliphatic heterocycles. The fourth-order valence-electron chi connectivity index (χ4n) is 1.16. The van der Waals surface area contributed by atoms with Crippen molar-refractivity contribution in [3.63, 3.8) is 0 Å². The first kappa shape index (κ1) is 11.8. The van der Waals surface area contributed by atoms with E-state index in [9.17, 15) is 4.79 Å². The zero-order valence-corrected chi connectivity index (χ0v) is 10.7. The van der Waals surface area contributed by atoms with Crippen LogP contribution >= 0.6 is 27.7 Å². The van der Waals surface area contributed by atoms with Crippen LogP contribution in [0.25, 0.3) is 0 Å². The van der Waals surface area contributed by atoms with Crippen molar-refractivity contribution in [3.8, 4) is 0 Å². The molecule has 0 fully saturated rings. The summed E-state index contributed by atoms with van der Waals surface area (Å²) in [5, 5.41) is 0. The highest BCUT2D eigenvalue weighted by molar-refractivity contribution is 9.10. The van der Waals surface area contributed by atoms with Gasteiger partial charge in [0.25, 0.3) is 0 Å². The molecule has 0 bridgehead atoms. The monoisotopic (exact) mass is 272 g/mol. The van der Waals surface area contributed by atoms with Gasteiger partial charge in [0, 0.05) is 22.2 Å². The molecule has 0 atom stereocenters. The van der Waals surface area contributed by atoms with E-state index < -0.39 is 0 Å². The number of carbonyl (C=O) groups excluding carboxylic acids is 1. The molecule has 3 heteroatoms. The molecule has 0 radical (unpaired) electrons. The average Bonchev–Trinajstić information content (AvgIpc) is 2.18. The van der Waals surface area contributed by atoms with Crippen LogP contribution < -0.4 is 0 Å². The van der Waals surface area contributed by atoms with Crippen LogP contribution in [0.5, 0.6) is 0 Å². The van der Waals surface area contributed by atoms with Gasteiger partial charge in [0.2, 0.25) is 0 Å². The average molecular weight is 273 g/mol. The minimum Gasteiger partial charge on any atom is -0.294 e. The molecular formula is C11H13BrOS. The van der Waals surface area contributed by atoms with Gasteiger partial charge < -0.3 is 0 Å². The second kappa shape index (κ2) is 5.56. The zero-order chi connectivity index (χ0) is 10.6. The third-order valence-electron chi connectivity index (χ3n) is 2.01. The number of ketones is 1. The van der Waals surface area contributed by atoms with E-state index in [-0.39, 0.29) is 5.78 Å². The van der Waals surface area contributed by atoms with Crippen molar-refractivity contribution in [1.29, 1.82) is 0 Å². The SMILES string of the molecule is CSCCC(=O)c1ccc(Br)c(C)c1. The van der Waals surface area contributed by atoms with Crippen LogP contribution in [0.4, 0.5) is 0 Å². The molecule has 0 unspecified atom stereocenters. The Labute approximate surface area is 97.4 Å². The van der Waals surface area contributed by atoms with Gasteiger partial charge in [-0.1, -0.05) is 22.0 Å². The molecule has 1 aromatic rings. The van der Waals surface area contributed by atoms with E-state index in [1.54, 1.807) is 11.8 Å². The Bertz CT molecular complexity index is 336. The molecule has 0 N–H and O–H groups in total. The number of aryl methyl sites for hydroxylation is 1. The van der Waals surface area contributed by atoms with Gasteiger partial charge in [-0.3, -0.25) is 4.79 Å². The van der Waals surface area contributed by atoms with Crippen molar-refractivity contribution >= 4 is 33.5 Å². The Morgan fingerprint density at radius 2 is 2.21 bits per heavy atom. The molecule has 0 spiro atoms. The van der Waals surface area contributed by atoms with Gasteiger partial charge in [-0.2, -0.15) is 11.8 Å². The van der Waals surface area contributed by atoms with Gasteiger partial charge >= 0.3 is 0 Å². The summed E-state index contributed by atoms with van der Waals surface area (Å²) in [7, 11) is 0. The standard InChI is InChI=1S/C11H13BrOS/c1-8-7-9(3-4-10(8)12)11(13)5-6-14-2/h3-4,7H,5-6H2,1-2H3. The molecule has 1 aromatic carbocycles. The van der Waals surface area contributed by atoms with Crippen LogP contribution in [0, 0.1) is 6.92 Å². The van der Waals surface area contributed by atoms with Crippen LogP contribution in [-0.2, 0) is 0 Å². The van der Waals surface area contributed by atoms with E-state index in [2.05, 4.69) is 15.9 Å². The van der Waals surface area contributed by atoms with Gasteiger partial charge in [-0.15, -0.1) is 0 Å². The molecular weight excluding hydrogens is 260 g/mol. The maximum Gasteiger partial charge on any atom is 0.163 e. The third-order valence-corrected chi connectivity index (χ3v) is 3.52. The molecule has 14 heavy (non-hydrogen) atoms. The lowest BCUT2D eigenvalue weighted by molar-refractivity contribution is 0.0989. The Morgan fingerprint density at radius 1 is 1.50 bits per heavy atom. The number of halogens is 1. The van der Waals surface area contributed by atoms with Gasteiger partial charge in [0.05, 0.1) is 0 Å². The highest BCUT2D eigenvalue weighted by Crippen LogP contribution is 2.18. The van der Waals surface area contributed by atoms with E-state index in [1.165, 1.54) is 0 Å². The Balaban J connectivity index is 2.76. The van der Waals surface area contributed by atoms with Crippen LogP contribution in [0.3, 0.4) is 0 Å². The number of hydrogen-bond acceptors (Lipinski definition) is 2. The highest BCUT2D eigenvalue weighted by Gasteiger charge is 2.06. The fourth-order valence-corrected chi connectivity index (χ4v) is 1.79. The summed E-state index contributed by atoms with van der Waals surface area (Å²) in [5.74, 6) is 1.13. The summed E-state index contributed by atoms with van der Waals surface area (Å²) in [6, 6.07) is 5.74. The molecule has 0 aliphatic carbocycles. The molecule has 0 aromatic heterocycles. The molecule has 0 saturated heterocycles. The molecule has 0 heterocycles. The van der Waals surface area contributed by atoms with Crippen molar-refractivity contribution in [3.05, 3.63) is 33.8 Å². The molecule has 1 nitrogen and oxygen atoms in total. The van der Waals surface area contributed by atoms with Gasteiger partial charge in [-0.05, 0) is 30.9 Å².